The summed E-state index contributed by atoms with van der Waals surface area (Å²) >= 11 is 5.53. The molecule has 0 aliphatic heterocycles. The van der Waals surface area contributed by atoms with Gasteiger partial charge < -0.3 is 9.47 Å². The summed E-state index contributed by atoms with van der Waals surface area (Å²) in [7, 11) is 0. The maximum atomic E-state index is 11.6. The molecule has 0 spiro atoms. The van der Waals surface area contributed by atoms with Gasteiger partial charge in [-0.2, -0.15) is 0 Å². The highest BCUT2D eigenvalue weighted by molar-refractivity contribution is 6.17. The van der Waals surface area contributed by atoms with E-state index in [0.717, 1.165) is 12.8 Å². The minimum atomic E-state index is -0.369. The second-order valence-electron chi connectivity index (χ2n) is 4.28. The Morgan fingerprint density at radius 1 is 1.15 bits per heavy atom. The molecular weight excluding hydrogens is 280 g/mol. The van der Waals surface area contributed by atoms with E-state index in [1.54, 1.807) is 24.3 Å². The normalized spacial score (nSPS) is 10.1. The van der Waals surface area contributed by atoms with Gasteiger partial charge in [-0.25, -0.2) is 4.79 Å². The molecule has 110 valence electrons. The Hall–Kier alpha value is -1.55. The van der Waals surface area contributed by atoms with Crippen molar-refractivity contribution < 1.29 is 19.1 Å². The minimum absolute atomic E-state index is 0.295. The summed E-state index contributed by atoms with van der Waals surface area (Å²) in [6, 6.07) is 6.34. The molecule has 4 nitrogen and oxygen atoms in total. The number of carbonyl (C=O) groups excluding carboxylic acids is 2. The molecule has 0 radical (unpaired) electrons. The number of benzene rings is 1. The Bertz CT molecular complexity index is 428. The maximum absolute atomic E-state index is 11.6. The average molecular weight is 299 g/mol. The van der Waals surface area contributed by atoms with Crippen molar-refractivity contribution >= 4 is 23.5 Å². The van der Waals surface area contributed by atoms with Crippen molar-refractivity contribution in [2.45, 2.75) is 32.6 Å². The fourth-order valence-electron chi connectivity index (χ4n) is 1.48. The molecule has 0 saturated heterocycles. The summed E-state index contributed by atoms with van der Waals surface area (Å²) in [5.41, 5.74) is 0.445. The van der Waals surface area contributed by atoms with Crippen LogP contribution in [0.25, 0.3) is 0 Å². The first-order valence-corrected chi connectivity index (χ1v) is 7.24. The van der Waals surface area contributed by atoms with Gasteiger partial charge in [-0.3, -0.25) is 4.79 Å². The summed E-state index contributed by atoms with van der Waals surface area (Å²) in [5, 5.41) is 0. The number of alkyl halides is 1. The molecule has 0 heterocycles. The lowest BCUT2D eigenvalue weighted by atomic mass is 10.2. The molecule has 0 aliphatic rings. The van der Waals surface area contributed by atoms with E-state index in [2.05, 4.69) is 0 Å². The highest BCUT2D eigenvalue weighted by Crippen LogP contribution is 2.14. The summed E-state index contributed by atoms with van der Waals surface area (Å²) in [5.74, 6) is 0.304. The van der Waals surface area contributed by atoms with E-state index in [0.29, 0.717) is 36.6 Å². The predicted octanol–water partition coefficient (Wildman–Crippen LogP) is 3.57. The van der Waals surface area contributed by atoms with E-state index in [4.69, 9.17) is 21.1 Å². The van der Waals surface area contributed by atoms with Crippen LogP contribution in [0.15, 0.2) is 24.3 Å². The summed E-state index contributed by atoms with van der Waals surface area (Å²) in [6.07, 6.45) is 2.62. The summed E-state index contributed by atoms with van der Waals surface area (Å²) in [6.45, 7) is 2.33. The molecule has 5 heteroatoms. The molecule has 0 unspecified atom stereocenters. The minimum Gasteiger partial charge on any atom is -0.462 e. The van der Waals surface area contributed by atoms with Gasteiger partial charge in [-0.1, -0.05) is 6.92 Å². The third-order valence-electron chi connectivity index (χ3n) is 2.52. The van der Waals surface area contributed by atoms with Gasteiger partial charge in [-0.05, 0) is 43.5 Å². The number of hydrogen-bond acceptors (Lipinski definition) is 4. The average Bonchev–Trinajstić information content (AvgIpc) is 2.46. The SMILES string of the molecule is CCCOC(=O)c1ccc(OC(=O)CCCCCl)cc1. The van der Waals surface area contributed by atoms with E-state index in [1.165, 1.54) is 0 Å². The first-order valence-electron chi connectivity index (χ1n) is 6.71. The van der Waals surface area contributed by atoms with Gasteiger partial charge in [0.25, 0.3) is 0 Å². The largest absolute Gasteiger partial charge is 0.462 e. The van der Waals surface area contributed by atoms with Gasteiger partial charge in [0.15, 0.2) is 0 Å². The Morgan fingerprint density at radius 2 is 1.85 bits per heavy atom. The molecule has 0 aliphatic carbocycles. The third kappa shape index (κ3) is 6.06. The van der Waals surface area contributed by atoms with Crippen molar-refractivity contribution in [2.75, 3.05) is 12.5 Å². The van der Waals surface area contributed by atoms with Crippen LogP contribution in [-0.4, -0.2) is 24.4 Å². The maximum Gasteiger partial charge on any atom is 0.338 e. The quantitative estimate of drug-likeness (QED) is 0.319. The smallest absolute Gasteiger partial charge is 0.338 e. The number of carbonyl (C=O) groups is 2. The van der Waals surface area contributed by atoms with Crippen molar-refractivity contribution in [2.24, 2.45) is 0 Å². The van der Waals surface area contributed by atoms with E-state index < -0.39 is 0 Å². The monoisotopic (exact) mass is 298 g/mol. The molecule has 0 saturated carbocycles. The first-order chi connectivity index (χ1) is 9.67. The third-order valence-corrected chi connectivity index (χ3v) is 2.79. The zero-order valence-corrected chi connectivity index (χ0v) is 12.3. The Balaban J connectivity index is 2.45. The molecule has 1 aromatic carbocycles. The second kappa shape index (κ2) is 9.37. The summed E-state index contributed by atoms with van der Waals surface area (Å²) < 4.78 is 10.1. The van der Waals surface area contributed by atoms with E-state index >= 15 is 0 Å². The molecule has 0 amide bonds. The molecule has 0 N–H and O–H groups in total. The molecule has 0 bridgehead atoms. The number of esters is 2. The second-order valence-corrected chi connectivity index (χ2v) is 4.66. The van der Waals surface area contributed by atoms with Crippen LogP contribution < -0.4 is 4.74 Å². The van der Waals surface area contributed by atoms with Crippen molar-refractivity contribution in [1.29, 1.82) is 0 Å². The first kappa shape index (κ1) is 16.5. The van der Waals surface area contributed by atoms with Gasteiger partial charge in [-0.15, -0.1) is 11.6 Å². The zero-order chi connectivity index (χ0) is 14.8. The predicted molar refractivity (Wildman–Crippen MR) is 77.2 cm³/mol. The van der Waals surface area contributed by atoms with Gasteiger partial charge in [0.2, 0.25) is 0 Å². The van der Waals surface area contributed by atoms with Crippen molar-refractivity contribution in [3.63, 3.8) is 0 Å². The zero-order valence-electron chi connectivity index (χ0n) is 11.6. The highest BCUT2D eigenvalue weighted by atomic mass is 35.5. The van der Waals surface area contributed by atoms with Crippen LogP contribution in [0.1, 0.15) is 43.0 Å². The van der Waals surface area contributed by atoms with Crippen molar-refractivity contribution in [3.8, 4) is 5.75 Å². The van der Waals surface area contributed by atoms with Gasteiger partial charge in [0.05, 0.1) is 12.2 Å². The molecule has 1 rings (SSSR count). The van der Waals surface area contributed by atoms with E-state index in [9.17, 15) is 9.59 Å². The van der Waals surface area contributed by atoms with E-state index in [1.807, 2.05) is 6.92 Å². The number of hydrogen-bond donors (Lipinski definition) is 0. The van der Waals surface area contributed by atoms with Crippen LogP contribution in [0.4, 0.5) is 0 Å². The van der Waals surface area contributed by atoms with Crippen LogP contribution in [0.2, 0.25) is 0 Å². The van der Waals surface area contributed by atoms with Gasteiger partial charge >= 0.3 is 11.9 Å². The topological polar surface area (TPSA) is 52.6 Å². The number of unbranched alkanes of at least 4 members (excludes halogenated alkanes) is 1. The standard InChI is InChI=1S/C15H19ClO4/c1-2-11-19-15(18)12-6-8-13(9-7-12)20-14(17)5-3-4-10-16/h6-9H,2-5,10-11H2,1H3. The van der Waals surface area contributed by atoms with Crippen LogP contribution in [0, 0.1) is 0 Å². The lowest BCUT2D eigenvalue weighted by molar-refractivity contribution is -0.134. The van der Waals surface area contributed by atoms with Crippen LogP contribution in [-0.2, 0) is 9.53 Å². The highest BCUT2D eigenvalue weighted by Gasteiger charge is 2.08. The number of ether oxygens (including phenoxy) is 2. The molecule has 0 fully saturated rings. The molecule has 20 heavy (non-hydrogen) atoms. The van der Waals surface area contributed by atoms with Gasteiger partial charge in [0, 0.05) is 12.3 Å². The Labute approximate surface area is 124 Å². The fraction of sp³-hybridized carbons (Fsp3) is 0.467. The van der Waals surface area contributed by atoms with Crippen LogP contribution in [0.3, 0.4) is 0 Å². The molecule has 0 aromatic heterocycles. The summed E-state index contributed by atoms with van der Waals surface area (Å²) in [4.78, 5) is 23.1. The van der Waals surface area contributed by atoms with E-state index in [-0.39, 0.29) is 11.9 Å². The fourth-order valence-corrected chi connectivity index (χ4v) is 1.67. The van der Waals surface area contributed by atoms with Crippen LogP contribution >= 0.6 is 11.6 Å². The number of halogens is 1. The molecule has 1 aromatic rings. The number of rotatable bonds is 8. The van der Waals surface area contributed by atoms with Gasteiger partial charge in [0.1, 0.15) is 5.75 Å². The Kier molecular flexibility index (Phi) is 7.73. The lowest BCUT2D eigenvalue weighted by Gasteiger charge is -2.06. The Morgan fingerprint density at radius 3 is 2.45 bits per heavy atom. The molecule has 0 atom stereocenters. The van der Waals surface area contributed by atoms with Crippen molar-refractivity contribution in [3.05, 3.63) is 29.8 Å². The van der Waals surface area contributed by atoms with Crippen molar-refractivity contribution in [1.82, 2.24) is 0 Å². The lowest BCUT2D eigenvalue weighted by Crippen LogP contribution is -2.08. The molecular formula is C15H19ClO4. The van der Waals surface area contributed by atoms with Crippen LogP contribution in [0.5, 0.6) is 5.75 Å².